The van der Waals surface area contributed by atoms with Gasteiger partial charge in [-0.2, -0.15) is 5.10 Å². The summed E-state index contributed by atoms with van der Waals surface area (Å²) in [5.41, 5.74) is -0.157. The highest BCUT2D eigenvalue weighted by Gasteiger charge is 2.29. The Hall–Kier alpha value is -2.77. The van der Waals surface area contributed by atoms with Crippen LogP contribution in [0.15, 0.2) is 29.1 Å². The molecule has 0 fully saturated rings. The molecule has 8 nitrogen and oxygen atoms in total. The molecule has 0 unspecified atom stereocenters. The molecule has 146 valence electrons. The fourth-order valence-electron chi connectivity index (χ4n) is 3.38. The molecule has 2 heterocycles. The van der Waals surface area contributed by atoms with Crippen molar-refractivity contribution in [2.45, 2.75) is 25.8 Å². The summed E-state index contributed by atoms with van der Waals surface area (Å²) < 4.78 is 14.0. The van der Waals surface area contributed by atoms with E-state index in [1.54, 1.807) is 30.7 Å². The van der Waals surface area contributed by atoms with Crippen LogP contribution in [0.5, 0.6) is 11.5 Å². The largest absolute Gasteiger partial charge is 0.493 e. The molecule has 1 aromatic heterocycles. The number of fused-ring (bicyclic) bond motifs is 1. The highest BCUT2D eigenvalue weighted by molar-refractivity contribution is 5.78. The maximum absolute atomic E-state index is 12.7. The summed E-state index contributed by atoms with van der Waals surface area (Å²) >= 11 is 0. The first-order valence-corrected chi connectivity index (χ1v) is 9.14. The van der Waals surface area contributed by atoms with E-state index in [1.165, 1.54) is 4.68 Å². The number of benzene rings is 1. The van der Waals surface area contributed by atoms with Crippen molar-refractivity contribution >= 4 is 5.91 Å². The van der Waals surface area contributed by atoms with Crippen molar-refractivity contribution in [2.75, 3.05) is 27.3 Å². The Labute approximate surface area is 158 Å². The number of aromatic nitrogens is 3. The van der Waals surface area contributed by atoms with Crippen molar-refractivity contribution in [1.29, 1.82) is 0 Å². The average Bonchev–Trinajstić information content (AvgIpc) is 2.98. The lowest BCUT2D eigenvalue weighted by molar-refractivity contribution is -0.135. The van der Waals surface area contributed by atoms with Gasteiger partial charge in [0.2, 0.25) is 5.91 Å². The van der Waals surface area contributed by atoms with Crippen LogP contribution in [0.1, 0.15) is 18.7 Å². The summed E-state index contributed by atoms with van der Waals surface area (Å²) in [6.45, 7) is 1.50. The topological polar surface area (TPSA) is 78.6 Å². The van der Waals surface area contributed by atoms with Crippen molar-refractivity contribution < 1.29 is 14.3 Å². The molecule has 0 saturated heterocycles. The summed E-state index contributed by atoms with van der Waals surface area (Å²) in [6, 6.07) is 7.49. The number of ether oxygens (including phenoxy) is 2. The number of aryl methyl sites for hydroxylation is 2. The molecule has 3 rings (SSSR count). The molecule has 27 heavy (non-hydrogen) atoms. The van der Waals surface area contributed by atoms with Gasteiger partial charge < -0.3 is 14.4 Å². The maximum Gasteiger partial charge on any atom is 0.345 e. The molecule has 1 aliphatic rings. The Balaban J connectivity index is 1.48. The maximum atomic E-state index is 12.7. The van der Waals surface area contributed by atoms with Gasteiger partial charge in [0.15, 0.2) is 11.5 Å². The van der Waals surface area contributed by atoms with Crippen LogP contribution in [0.4, 0.5) is 0 Å². The standard InChI is InChI=1S/C19H26N4O4/c1-21(11-6-12-27-16-8-5-4-7-15(16)26-3)18(24)14-9-10-17-20-22(2)19(25)23(17)13-14/h4-5,7-8,14H,6,9-13H2,1-3H3/t14-/m0/s1. The predicted octanol–water partition coefficient (Wildman–Crippen LogP) is 1.08. The normalized spacial score (nSPS) is 15.9. The Morgan fingerprint density at radius 1 is 1.33 bits per heavy atom. The third kappa shape index (κ3) is 4.15. The first-order chi connectivity index (χ1) is 13.0. The van der Waals surface area contributed by atoms with E-state index in [0.29, 0.717) is 44.0 Å². The van der Waals surface area contributed by atoms with Crippen LogP contribution in [0, 0.1) is 5.92 Å². The highest BCUT2D eigenvalue weighted by Crippen LogP contribution is 2.25. The zero-order valence-corrected chi connectivity index (χ0v) is 16.1. The first kappa shape index (κ1) is 19.0. The molecule has 0 spiro atoms. The lowest BCUT2D eigenvalue weighted by atomic mass is 9.98. The number of amides is 1. The summed E-state index contributed by atoms with van der Waals surface area (Å²) in [7, 11) is 5.04. The molecule has 8 heteroatoms. The number of carbonyl (C=O) groups excluding carboxylic acids is 1. The Morgan fingerprint density at radius 2 is 2.07 bits per heavy atom. The van der Waals surface area contributed by atoms with Gasteiger partial charge in [-0.25, -0.2) is 9.48 Å². The molecule has 1 aromatic carbocycles. The minimum absolute atomic E-state index is 0.0636. The lowest BCUT2D eigenvalue weighted by Gasteiger charge is -2.26. The highest BCUT2D eigenvalue weighted by atomic mass is 16.5. The number of carbonyl (C=O) groups is 1. The van der Waals surface area contributed by atoms with Crippen LogP contribution < -0.4 is 15.2 Å². The van der Waals surface area contributed by atoms with E-state index in [2.05, 4.69) is 5.10 Å². The number of methoxy groups -OCH3 is 1. The van der Waals surface area contributed by atoms with Crippen LogP contribution >= 0.6 is 0 Å². The molecule has 0 saturated carbocycles. The second-order valence-corrected chi connectivity index (χ2v) is 6.78. The van der Waals surface area contributed by atoms with Gasteiger partial charge in [0.05, 0.1) is 19.6 Å². The van der Waals surface area contributed by atoms with E-state index in [1.807, 2.05) is 24.3 Å². The smallest absolute Gasteiger partial charge is 0.345 e. The number of hydrogen-bond donors (Lipinski definition) is 0. The van der Waals surface area contributed by atoms with E-state index >= 15 is 0 Å². The number of hydrogen-bond acceptors (Lipinski definition) is 5. The van der Waals surface area contributed by atoms with Crippen LogP contribution in [-0.2, 0) is 24.8 Å². The lowest BCUT2D eigenvalue weighted by Crippen LogP contribution is -2.40. The van der Waals surface area contributed by atoms with Crippen molar-refractivity contribution in [2.24, 2.45) is 13.0 Å². The average molecular weight is 374 g/mol. The van der Waals surface area contributed by atoms with Crippen molar-refractivity contribution in [3.63, 3.8) is 0 Å². The number of nitrogens with zero attached hydrogens (tertiary/aromatic N) is 4. The van der Waals surface area contributed by atoms with Crippen LogP contribution in [0.3, 0.4) is 0 Å². The molecule has 0 bridgehead atoms. The van der Waals surface area contributed by atoms with Gasteiger partial charge in [0, 0.05) is 33.6 Å². The second kappa shape index (κ2) is 8.28. The number of para-hydroxylation sites is 2. The Bertz CT molecular complexity index is 858. The third-order valence-corrected chi connectivity index (χ3v) is 4.89. The summed E-state index contributed by atoms with van der Waals surface area (Å²) in [5, 5.41) is 4.21. The van der Waals surface area contributed by atoms with Crippen molar-refractivity contribution in [3.05, 3.63) is 40.6 Å². The van der Waals surface area contributed by atoms with E-state index in [4.69, 9.17) is 9.47 Å². The predicted molar refractivity (Wildman–Crippen MR) is 100 cm³/mol. The minimum atomic E-state index is -0.181. The zero-order valence-electron chi connectivity index (χ0n) is 16.1. The van der Waals surface area contributed by atoms with E-state index in [-0.39, 0.29) is 17.5 Å². The molecule has 0 radical (unpaired) electrons. The summed E-state index contributed by atoms with van der Waals surface area (Å²) in [6.07, 6.45) is 2.08. The van der Waals surface area contributed by atoms with Crippen LogP contribution in [0.2, 0.25) is 0 Å². The molecular formula is C19H26N4O4. The molecular weight excluding hydrogens is 348 g/mol. The minimum Gasteiger partial charge on any atom is -0.493 e. The van der Waals surface area contributed by atoms with Crippen molar-refractivity contribution in [1.82, 2.24) is 19.2 Å². The number of rotatable bonds is 7. The second-order valence-electron chi connectivity index (χ2n) is 6.78. The molecule has 0 aliphatic carbocycles. The van der Waals surface area contributed by atoms with E-state index < -0.39 is 0 Å². The molecule has 1 atom stereocenters. The zero-order chi connectivity index (χ0) is 19.4. The monoisotopic (exact) mass is 374 g/mol. The van der Waals surface area contributed by atoms with Gasteiger partial charge in [-0.3, -0.25) is 9.36 Å². The fourth-order valence-corrected chi connectivity index (χ4v) is 3.38. The Morgan fingerprint density at radius 3 is 2.81 bits per heavy atom. The molecule has 2 aromatic rings. The Kier molecular flexibility index (Phi) is 5.83. The molecule has 1 aliphatic heterocycles. The van der Waals surface area contributed by atoms with Gasteiger partial charge in [-0.05, 0) is 25.0 Å². The van der Waals surface area contributed by atoms with Crippen molar-refractivity contribution in [3.8, 4) is 11.5 Å². The fraction of sp³-hybridized carbons (Fsp3) is 0.526. The van der Waals surface area contributed by atoms with Crippen LogP contribution in [-0.4, -0.2) is 52.5 Å². The van der Waals surface area contributed by atoms with Gasteiger partial charge >= 0.3 is 5.69 Å². The van der Waals surface area contributed by atoms with Crippen LogP contribution in [0.25, 0.3) is 0 Å². The van der Waals surface area contributed by atoms with Gasteiger partial charge in [0.25, 0.3) is 0 Å². The molecule has 0 N–H and O–H groups in total. The van der Waals surface area contributed by atoms with E-state index in [0.717, 1.165) is 12.2 Å². The third-order valence-electron chi connectivity index (χ3n) is 4.89. The van der Waals surface area contributed by atoms with Gasteiger partial charge in [0.1, 0.15) is 5.82 Å². The SMILES string of the molecule is COc1ccccc1OCCCN(C)C(=O)[C@H]1CCc2nn(C)c(=O)n2C1. The summed E-state index contributed by atoms with van der Waals surface area (Å²) in [5.74, 6) is 2.04. The first-order valence-electron chi connectivity index (χ1n) is 9.14. The quantitative estimate of drug-likeness (QED) is 0.678. The summed E-state index contributed by atoms with van der Waals surface area (Å²) in [4.78, 5) is 26.5. The van der Waals surface area contributed by atoms with E-state index in [9.17, 15) is 9.59 Å². The van der Waals surface area contributed by atoms with Gasteiger partial charge in [-0.1, -0.05) is 12.1 Å². The van der Waals surface area contributed by atoms with Gasteiger partial charge in [-0.15, -0.1) is 0 Å². The molecule has 1 amide bonds.